The minimum atomic E-state index is -0.0410. The molecule has 1 atom stereocenters. The summed E-state index contributed by atoms with van der Waals surface area (Å²) in [5, 5.41) is 5.35. The van der Waals surface area contributed by atoms with E-state index in [2.05, 4.69) is 23.5 Å². The van der Waals surface area contributed by atoms with Crippen LogP contribution in [0.4, 0.5) is 5.69 Å². The number of ether oxygens (including phenoxy) is 1. The number of rotatable bonds is 3. The fourth-order valence-electron chi connectivity index (χ4n) is 4.59. The molecule has 1 N–H and O–H groups in total. The van der Waals surface area contributed by atoms with Crippen LogP contribution in [0.2, 0.25) is 0 Å². The van der Waals surface area contributed by atoms with Gasteiger partial charge in [0.1, 0.15) is 11.5 Å². The molecule has 1 saturated carbocycles. The van der Waals surface area contributed by atoms with Crippen molar-refractivity contribution in [3.05, 3.63) is 66.2 Å². The number of hydrogen-bond acceptors (Lipinski definition) is 2. The summed E-state index contributed by atoms with van der Waals surface area (Å²) in [5.74, 6) is 2.21. The molecule has 3 aromatic rings. The maximum Gasteiger partial charge on any atom is 0.232 e. The van der Waals surface area contributed by atoms with Crippen molar-refractivity contribution in [2.45, 2.75) is 31.6 Å². The van der Waals surface area contributed by atoms with Crippen LogP contribution in [0.1, 0.15) is 37.2 Å². The van der Waals surface area contributed by atoms with Crippen LogP contribution in [0.15, 0.2) is 60.7 Å². The van der Waals surface area contributed by atoms with Crippen LogP contribution in [0.5, 0.6) is 11.5 Å². The molecule has 1 aliphatic heterocycles. The van der Waals surface area contributed by atoms with Crippen LogP contribution < -0.4 is 10.1 Å². The molecule has 1 heterocycles. The second kappa shape index (κ2) is 6.17. The van der Waals surface area contributed by atoms with Gasteiger partial charge in [0.15, 0.2) is 0 Å². The third kappa shape index (κ3) is 2.47. The van der Waals surface area contributed by atoms with Gasteiger partial charge in [-0.15, -0.1) is 0 Å². The third-order valence-electron chi connectivity index (χ3n) is 5.75. The molecule has 3 heteroatoms. The lowest BCUT2D eigenvalue weighted by molar-refractivity contribution is -0.118. The van der Waals surface area contributed by atoms with E-state index in [0.717, 1.165) is 46.4 Å². The van der Waals surface area contributed by atoms with Crippen LogP contribution in [-0.4, -0.2) is 5.91 Å². The monoisotopic (exact) mass is 343 g/mol. The Balaban J connectivity index is 1.65. The van der Waals surface area contributed by atoms with Crippen molar-refractivity contribution >= 4 is 22.4 Å². The van der Waals surface area contributed by atoms with E-state index in [9.17, 15) is 4.79 Å². The minimum absolute atomic E-state index is 0.0410. The Morgan fingerprint density at radius 3 is 2.50 bits per heavy atom. The molecule has 3 aromatic carbocycles. The lowest BCUT2D eigenvalue weighted by atomic mass is 9.79. The zero-order valence-electron chi connectivity index (χ0n) is 14.6. The standard InChI is InChI=1S/C23H21NO2/c25-23-21(15-7-4-5-8-15)18-12-6-11-17-20(14-13-19(24-23)22(17)18)26-16-9-2-1-3-10-16/h1-3,6,9-15,21H,4-5,7-8H2,(H,24,25). The van der Waals surface area contributed by atoms with Gasteiger partial charge in [-0.25, -0.2) is 0 Å². The van der Waals surface area contributed by atoms with Crippen molar-refractivity contribution in [2.75, 3.05) is 5.32 Å². The average molecular weight is 343 g/mol. The van der Waals surface area contributed by atoms with Gasteiger partial charge in [0.2, 0.25) is 5.91 Å². The third-order valence-corrected chi connectivity index (χ3v) is 5.75. The lowest BCUT2D eigenvalue weighted by Gasteiger charge is -2.30. The first-order valence-corrected chi connectivity index (χ1v) is 9.40. The van der Waals surface area contributed by atoms with Crippen molar-refractivity contribution in [1.82, 2.24) is 0 Å². The predicted octanol–water partition coefficient (Wildman–Crippen LogP) is 5.86. The van der Waals surface area contributed by atoms with E-state index in [-0.39, 0.29) is 11.8 Å². The normalized spacial score (nSPS) is 19.5. The number of anilines is 1. The molecule has 1 amide bonds. The average Bonchev–Trinajstić information content (AvgIpc) is 3.19. The van der Waals surface area contributed by atoms with Crippen molar-refractivity contribution in [3.63, 3.8) is 0 Å². The maximum absolute atomic E-state index is 12.8. The lowest BCUT2D eigenvalue weighted by Crippen LogP contribution is -2.30. The Kier molecular flexibility index (Phi) is 3.66. The molecular formula is C23H21NO2. The van der Waals surface area contributed by atoms with Gasteiger partial charge >= 0.3 is 0 Å². The molecule has 3 nitrogen and oxygen atoms in total. The fraction of sp³-hybridized carbons (Fsp3) is 0.261. The topological polar surface area (TPSA) is 38.3 Å². The first-order valence-electron chi connectivity index (χ1n) is 9.40. The summed E-state index contributed by atoms with van der Waals surface area (Å²) in [6, 6.07) is 20.0. The first-order chi connectivity index (χ1) is 12.8. The Morgan fingerprint density at radius 2 is 1.69 bits per heavy atom. The van der Waals surface area contributed by atoms with E-state index < -0.39 is 0 Å². The Hall–Kier alpha value is -2.81. The minimum Gasteiger partial charge on any atom is -0.457 e. The van der Waals surface area contributed by atoms with E-state index in [4.69, 9.17) is 4.74 Å². The molecule has 0 saturated heterocycles. The van der Waals surface area contributed by atoms with Crippen molar-refractivity contribution in [2.24, 2.45) is 5.92 Å². The zero-order chi connectivity index (χ0) is 17.5. The summed E-state index contributed by atoms with van der Waals surface area (Å²) in [6.07, 6.45) is 4.75. The molecule has 0 aromatic heterocycles. The molecule has 2 aliphatic rings. The van der Waals surface area contributed by atoms with Crippen LogP contribution >= 0.6 is 0 Å². The highest BCUT2D eigenvalue weighted by molar-refractivity contribution is 6.13. The SMILES string of the molecule is O=C1Nc2ccc(Oc3ccccc3)c3cccc(c23)C1C1CCCC1. The highest BCUT2D eigenvalue weighted by Gasteiger charge is 2.36. The van der Waals surface area contributed by atoms with Crippen LogP contribution in [0.3, 0.4) is 0 Å². The molecular weight excluding hydrogens is 322 g/mol. The second-order valence-electron chi connectivity index (χ2n) is 7.31. The number of carbonyl (C=O) groups is 1. The number of carbonyl (C=O) groups excluding carboxylic acids is 1. The number of nitrogens with one attached hydrogen (secondary N) is 1. The molecule has 0 bridgehead atoms. The Morgan fingerprint density at radius 1 is 0.885 bits per heavy atom. The number of hydrogen-bond donors (Lipinski definition) is 1. The molecule has 130 valence electrons. The molecule has 1 unspecified atom stereocenters. The maximum atomic E-state index is 12.8. The van der Waals surface area contributed by atoms with Crippen LogP contribution in [0, 0.1) is 5.92 Å². The molecule has 26 heavy (non-hydrogen) atoms. The fourth-order valence-corrected chi connectivity index (χ4v) is 4.59. The number of para-hydroxylation sites is 1. The van der Waals surface area contributed by atoms with Gasteiger partial charge in [0.25, 0.3) is 0 Å². The van der Waals surface area contributed by atoms with Gasteiger partial charge in [-0.05, 0) is 48.6 Å². The molecule has 1 aliphatic carbocycles. The second-order valence-corrected chi connectivity index (χ2v) is 7.31. The highest BCUT2D eigenvalue weighted by atomic mass is 16.5. The van der Waals surface area contributed by atoms with E-state index >= 15 is 0 Å². The highest BCUT2D eigenvalue weighted by Crippen LogP contribution is 2.46. The van der Waals surface area contributed by atoms with Gasteiger partial charge in [0.05, 0.1) is 5.92 Å². The summed E-state index contributed by atoms with van der Waals surface area (Å²) in [7, 11) is 0. The Bertz CT molecular complexity index is 974. The first kappa shape index (κ1) is 15.4. The largest absolute Gasteiger partial charge is 0.457 e. The smallest absolute Gasteiger partial charge is 0.232 e. The van der Waals surface area contributed by atoms with Crippen LogP contribution in [-0.2, 0) is 4.79 Å². The molecule has 1 fully saturated rings. The van der Waals surface area contributed by atoms with E-state index in [0.29, 0.717) is 5.92 Å². The number of benzene rings is 3. The quantitative estimate of drug-likeness (QED) is 0.647. The molecule has 0 radical (unpaired) electrons. The summed E-state index contributed by atoms with van der Waals surface area (Å²) < 4.78 is 6.15. The van der Waals surface area contributed by atoms with Crippen molar-refractivity contribution in [1.29, 1.82) is 0 Å². The summed E-state index contributed by atoms with van der Waals surface area (Å²) >= 11 is 0. The number of amides is 1. The molecule has 0 spiro atoms. The van der Waals surface area contributed by atoms with Gasteiger partial charge in [0, 0.05) is 16.5 Å². The van der Waals surface area contributed by atoms with Gasteiger partial charge in [-0.2, -0.15) is 0 Å². The molecule has 5 rings (SSSR count). The summed E-state index contributed by atoms with van der Waals surface area (Å²) in [5.41, 5.74) is 2.06. The summed E-state index contributed by atoms with van der Waals surface area (Å²) in [6.45, 7) is 0. The van der Waals surface area contributed by atoms with Gasteiger partial charge < -0.3 is 10.1 Å². The van der Waals surface area contributed by atoms with E-state index in [1.54, 1.807) is 0 Å². The van der Waals surface area contributed by atoms with Crippen molar-refractivity contribution in [3.8, 4) is 11.5 Å². The zero-order valence-corrected chi connectivity index (χ0v) is 14.6. The van der Waals surface area contributed by atoms with Crippen LogP contribution in [0.25, 0.3) is 10.8 Å². The van der Waals surface area contributed by atoms with E-state index in [1.165, 1.54) is 12.8 Å². The predicted molar refractivity (Wildman–Crippen MR) is 104 cm³/mol. The summed E-state index contributed by atoms with van der Waals surface area (Å²) in [4.78, 5) is 12.8. The van der Waals surface area contributed by atoms with E-state index in [1.807, 2.05) is 42.5 Å². The van der Waals surface area contributed by atoms with Gasteiger partial charge in [-0.3, -0.25) is 4.79 Å². The van der Waals surface area contributed by atoms with Gasteiger partial charge in [-0.1, -0.05) is 49.2 Å². The van der Waals surface area contributed by atoms with Crippen molar-refractivity contribution < 1.29 is 9.53 Å². The Labute approximate surface area is 153 Å².